The highest BCUT2D eigenvalue weighted by atomic mass is 32.2. The zero-order chi connectivity index (χ0) is 6.91. The molecule has 0 aromatic carbocycles. The third kappa shape index (κ3) is 1.95. The summed E-state index contributed by atoms with van der Waals surface area (Å²) in [6, 6.07) is 0. The monoisotopic (exact) mass is 169 g/mol. The molecule has 9 heavy (non-hydrogen) atoms. The van der Waals surface area contributed by atoms with Crippen molar-refractivity contribution in [1.82, 2.24) is 5.32 Å². The highest BCUT2D eigenvalue weighted by Gasteiger charge is 2.31. The van der Waals surface area contributed by atoms with Crippen molar-refractivity contribution < 1.29 is 14.4 Å². The van der Waals surface area contributed by atoms with E-state index in [9.17, 15) is 4.57 Å². The standard InChI is InChI=1S/C3H8NO3PS/c5-8(6,7)3-4-1-2-9-3/h3-4H,1-2H2,(H2,5,6,7). The van der Waals surface area contributed by atoms with E-state index >= 15 is 0 Å². The van der Waals surface area contributed by atoms with Gasteiger partial charge in [0, 0.05) is 12.3 Å². The van der Waals surface area contributed by atoms with E-state index in [0.717, 1.165) is 5.75 Å². The average Bonchev–Trinajstić information content (AvgIpc) is 2.08. The molecule has 1 rings (SSSR count). The summed E-state index contributed by atoms with van der Waals surface area (Å²) in [4.78, 5) is 17.1. The summed E-state index contributed by atoms with van der Waals surface area (Å²) in [6.45, 7) is 0.695. The largest absolute Gasteiger partial charge is 0.352 e. The van der Waals surface area contributed by atoms with Crippen LogP contribution >= 0.6 is 19.4 Å². The Bertz CT molecular complexity index is 140. The second-order valence-electron chi connectivity index (χ2n) is 1.77. The molecule has 0 bridgehead atoms. The Balaban J connectivity index is 2.52. The molecule has 3 N–H and O–H groups in total. The van der Waals surface area contributed by atoms with E-state index in [1.54, 1.807) is 0 Å². The SMILES string of the molecule is O=P(O)(O)C1NCCS1. The van der Waals surface area contributed by atoms with Gasteiger partial charge in [0.2, 0.25) is 0 Å². The van der Waals surface area contributed by atoms with E-state index < -0.39 is 12.7 Å². The van der Waals surface area contributed by atoms with Crippen molar-refractivity contribution in [1.29, 1.82) is 0 Å². The van der Waals surface area contributed by atoms with Crippen LogP contribution in [-0.2, 0) is 4.57 Å². The lowest BCUT2D eigenvalue weighted by molar-refractivity contribution is 0.365. The first kappa shape index (κ1) is 7.57. The summed E-state index contributed by atoms with van der Waals surface area (Å²) in [5, 5.41) is 2.04. The second-order valence-corrected chi connectivity index (χ2v) is 5.02. The van der Waals surface area contributed by atoms with Crippen molar-refractivity contribution in [3.05, 3.63) is 0 Å². The topological polar surface area (TPSA) is 69.6 Å². The van der Waals surface area contributed by atoms with Crippen LogP contribution in [0.25, 0.3) is 0 Å². The molecule has 1 heterocycles. The fourth-order valence-electron chi connectivity index (χ4n) is 0.628. The Labute approximate surface area is 57.2 Å². The Morgan fingerprint density at radius 1 is 1.67 bits per heavy atom. The van der Waals surface area contributed by atoms with Gasteiger partial charge in [-0.1, -0.05) is 0 Å². The molecular weight excluding hydrogens is 161 g/mol. The van der Waals surface area contributed by atoms with Crippen molar-refractivity contribution in [3.8, 4) is 0 Å². The highest BCUT2D eigenvalue weighted by Crippen LogP contribution is 2.46. The van der Waals surface area contributed by atoms with Gasteiger partial charge in [-0.25, -0.2) is 0 Å². The number of rotatable bonds is 1. The fraction of sp³-hybridized carbons (Fsp3) is 1.00. The molecule has 1 atom stereocenters. The Hall–Kier alpha value is 0.460. The summed E-state index contributed by atoms with van der Waals surface area (Å²) in [6.07, 6.45) is 0. The summed E-state index contributed by atoms with van der Waals surface area (Å²) in [5.74, 6) is 0.787. The first-order valence-electron chi connectivity index (χ1n) is 2.51. The minimum atomic E-state index is -3.86. The van der Waals surface area contributed by atoms with Crippen LogP contribution in [0.15, 0.2) is 0 Å². The van der Waals surface area contributed by atoms with Crippen molar-refractivity contribution in [3.63, 3.8) is 0 Å². The van der Waals surface area contributed by atoms with Crippen molar-refractivity contribution in [2.45, 2.75) is 5.11 Å². The molecule has 0 aromatic heterocycles. The summed E-state index contributed by atoms with van der Waals surface area (Å²) in [7, 11) is -3.86. The highest BCUT2D eigenvalue weighted by molar-refractivity contribution is 8.05. The third-order valence-corrected chi connectivity index (χ3v) is 3.99. The van der Waals surface area contributed by atoms with Gasteiger partial charge in [-0.05, 0) is 0 Å². The summed E-state index contributed by atoms with van der Waals surface area (Å²) in [5.41, 5.74) is 0. The number of thioether (sulfide) groups is 1. The molecule has 54 valence electrons. The quantitative estimate of drug-likeness (QED) is 0.473. The van der Waals surface area contributed by atoms with E-state index in [1.165, 1.54) is 11.8 Å². The molecule has 1 saturated heterocycles. The van der Waals surface area contributed by atoms with Gasteiger partial charge in [0.05, 0.1) is 0 Å². The molecule has 0 amide bonds. The maximum absolute atomic E-state index is 10.4. The lowest BCUT2D eigenvalue weighted by atomic mass is 10.8. The molecule has 0 aliphatic carbocycles. The minimum absolute atomic E-state index is 0.655. The average molecular weight is 169 g/mol. The number of nitrogens with one attached hydrogen (secondary N) is 1. The lowest BCUT2D eigenvalue weighted by Crippen LogP contribution is -2.19. The molecule has 4 nitrogen and oxygen atoms in total. The zero-order valence-electron chi connectivity index (χ0n) is 4.65. The maximum Gasteiger partial charge on any atom is 0.352 e. The third-order valence-electron chi connectivity index (χ3n) is 1.00. The van der Waals surface area contributed by atoms with Crippen LogP contribution in [-0.4, -0.2) is 27.2 Å². The fourth-order valence-corrected chi connectivity index (χ4v) is 2.78. The van der Waals surface area contributed by atoms with Gasteiger partial charge in [0.25, 0.3) is 0 Å². The van der Waals surface area contributed by atoms with E-state index in [-0.39, 0.29) is 0 Å². The van der Waals surface area contributed by atoms with Crippen LogP contribution in [0.2, 0.25) is 0 Å². The van der Waals surface area contributed by atoms with Crippen LogP contribution < -0.4 is 5.32 Å². The zero-order valence-corrected chi connectivity index (χ0v) is 6.36. The Kier molecular flexibility index (Phi) is 2.18. The van der Waals surface area contributed by atoms with E-state index in [2.05, 4.69) is 5.32 Å². The molecule has 1 aliphatic heterocycles. The molecule has 0 aromatic rings. The molecule has 0 radical (unpaired) electrons. The first-order chi connectivity index (χ1) is 4.11. The predicted octanol–water partition coefficient (Wildman–Crippen LogP) is -0.216. The van der Waals surface area contributed by atoms with Crippen LogP contribution in [0.1, 0.15) is 0 Å². The van der Waals surface area contributed by atoms with Crippen LogP contribution in [0, 0.1) is 0 Å². The predicted molar refractivity (Wildman–Crippen MR) is 36.3 cm³/mol. The van der Waals surface area contributed by atoms with Gasteiger partial charge < -0.3 is 9.79 Å². The first-order valence-corrected chi connectivity index (χ1v) is 5.24. The normalized spacial score (nSPS) is 28.9. The molecular formula is C3H8NO3PS. The smallest absolute Gasteiger partial charge is 0.323 e. The lowest BCUT2D eigenvalue weighted by Gasteiger charge is -2.09. The molecule has 1 unspecified atom stereocenters. The van der Waals surface area contributed by atoms with Gasteiger partial charge >= 0.3 is 7.60 Å². The number of hydrogen-bond acceptors (Lipinski definition) is 3. The van der Waals surface area contributed by atoms with Gasteiger partial charge in [-0.15, -0.1) is 11.8 Å². The van der Waals surface area contributed by atoms with Gasteiger partial charge in [0.1, 0.15) is 0 Å². The summed E-state index contributed by atoms with van der Waals surface area (Å²) < 4.78 is 10.4. The molecule has 0 spiro atoms. The van der Waals surface area contributed by atoms with Crippen LogP contribution in [0.4, 0.5) is 0 Å². The molecule has 6 heteroatoms. The minimum Gasteiger partial charge on any atom is -0.323 e. The van der Waals surface area contributed by atoms with Crippen molar-refractivity contribution in [2.75, 3.05) is 12.3 Å². The molecule has 1 aliphatic rings. The van der Waals surface area contributed by atoms with Gasteiger partial charge in [-0.2, -0.15) is 0 Å². The maximum atomic E-state index is 10.4. The van der Waals surface area contributed by atoms with Crippen molar-refractivity contribution >= 4 is 19.4 Å². The molecule has 0 saturated carbocycles. The summed E-state index contributed by atoms with van der Waals surface area (Å²) >= 11 is 1.28. The molecule has 1 fully saturated rings. The van der Waals surface area contributed by atoms with Gasteiger partial charge in [-0.3, -0.25) is 9.88 Å². The van der Waals surface area contributed by atoms with E-state index in [1.807, 2.05) is 0 Å². The van der Waals surface area contributed by atoms with E-state index in [4.69, 9.17) is 9.79 Å². The van der Waals surface area contributed by atoms with Crippen molar-refractivity contribution in [2.24, 2.45) is 0 Å². The van der Waals surface area contributed by atoms with E-state index in [0.29, 0.717) is 6.54 Å². The second kappa shape index (κ2) is 2.60. The van der Waals surface area contributed by atoms with Crippen LogP contribution in [0.5, 0.6) is 0 Å². The Morgan fingerprint density at radius 3 is 2.56 bits per heavy atom. The van der Waals surface area contributed by atoms with Crippen LogP contribution in [0.3, 0.4) is 0 Å². The Morgan fingerprint density at radius 2 is 2.33 bits per heavy atom. The number of hydrogen-bond donors (Lipinski definition) is 3. The van der Waals surface area contributed by atoms with Gasteiger partial charge in [0.15, 0.2) is 5.11 Å².